The number of hydrogen-bond acceptors (Lipinski definition) is 2. The van der Waals surface area contributed by atoms with Crippen molar-refractivity contribution in [3.8, 4) is 0 Å². The highest BCUT2D eigenvalue weighted by atomic mass is 32.1. The quantitative estimate of drug-likeness (QED) is 0.712. The first-order chi connectivity index (χ1) is 7.00. The zero-order valence-corrected chi connectivity index (χ0v) is 8.62. The van der Waals surface area contributed by atoms with Gasteiger partial charge in [0.25, 0.3) is 0 Å². The molecule has 5 heteroatoms. The first kappa shape index (κ1) is 10.7. The van der Waals surface area contributed by atoms with Crippen molar-refractivity contribution in [2.45, 2.75) is 25.4 Å². The highest BCUT2D eigenvalue weighted by Crippen LogP contribution is 2.39. The molecule has 0 bridgehead atoms. The third kappa shape index (κ3) is 1.93. The zero-order valence-electron chi connectivity index (χ0n) is 7.80. The van der Waals surface area contributed by atoms with E-state index in [0.29, 0.717) is 11.3 Å². The summed E-state index contributed by atoms with van der Waals surface area (Å²) in [6.45, 7) is 0. The molecule has 0 aromatic carbocycles. The number of carbonyl (C=O) groups excluding carboxylic acids is 1. The van der Waals surface area contributed by atoms with Gasteiger partial charge < -0.3 is 0 Å². The summed E-state index contributed by atoms with van der Waals surface area (Å²) >= 11 is 0.591. The van der Waals surface area contributed by atoms with Crippen molar-refractivity contribution >= 4 is 17.1 Å². The molecule has 1 aliphatic carbocycles. The lowest BCUT2D eigenvalue weighted by atomic mass is 9.80. The van der Waals surface area contributed by atoms with Crippen LogP contribution >= 0.6 is 11.3 Å². The van der Waals surface area contributed by atoms with Crippen molar-refractivity contribution in [1.82, 2.24) is 0 Å². The van der Waals surface area contributed by atoms with Crippen LogP contribution in [0.4, 0.5) is 13.2 Å². The summed E-state index contributed by atoms with van der Waals surface area (Å²) in [5.41, 5.74) is -0.141. The Morgan fingerprint density at radius 3 is 2.53 bits per heavy atom. The Kier molecular flexibility index (Phi) is 2.58. The fraction of sp³-hybridized carbons (Fsp3) is 0.500. The van der Waals surface area contributed by atoms with E-state index in [0.717, 1.165) is 19.3 Å². The predicted octanol–water partition coefficient (Wildman–Crippen LogP) is 3.75. The third-order valence-corrected chi connectivity index (χ3v) is 3.62. The summed E-state index contributed by atoms with van der Waals surface area (Å²) in [6.07, 6.45) is -2.00. The van der Waals surface area contributed by atoms with Crippen molar-refractivity contribution in [2.75, 3.05) is 0 Å². The van der Waals surface area contributed by atoms with Crippen LogP contribution in [-0.2, 0) is 6.18 Å². The fourth-order valence-electron chi connectivity index (χ4n) is 1.61. The summed E-state index contributed by atoms with van der Waals surface area (Å²) in [6, 6.07) is 1.29. The minimum atomic E-state index is -4.40. The van der Waals surface area contributed by atoms with Gasteiger partial charge in [0.1, 0.15) is 4.88 Å². The van der Waals surface area contributed by atoms with E-state index in [9.17, 15) is 18.0 Å². The van der Waals surface area contributed by atoms with Gasteiger partial charge in [-0.3, -0.25) is 4.79 Å². The molecular weight excluding hydrogens is 225 g/mol. The molecule has 2 rings (SSSR count). The number of halogens is 3. The van der Waals surface area contributed by atoms with Crippen LogP contribution in [-0.4, -0.2) is 5.78 Å². The Balaban J connectivity index is 2.28. The molecule has 1 fully saturated rings. The van der Waals surface area contributed by atoms with E-state index in [1.807, 2.05) is 0 Å². The monoisotopic (exact) mass is 234 g/mol. The second kappa shape index (κ2) is 3.63. The molecule has 15 heavy (non-hydrogen) atoms. The number of thiophene rings is 1. The van der Waals surface area contributed by atoms with Crippen molar-refractivity contribution in [1.29, 1.82) is 0 Å². The molecule has 1 aromatic rings. The summed E-state index contributed by atoms with van der Waals surface area (Å²) in [5.74, 6) is -0.518. The van der Waals surface area contributed by atoms with Gasteiger partial charge in [-0.05, 0) is 24.3 Å². The van der Waals surface area contributed by atoms with Crippen LogP contribution < -0.4 is 0 Å². The van der Waals surface area contributed by atoms with E-state index < -0.39 is 11.1 Å². The van der Waals surface area contributed by atoms with E-state index >= 15 is 0 Å². The first-order valence-corrected chi connectivity index (χ1v) is 5.57. The second-order valence-electron chi connectivity index (χ2n) is 3.65. The maximum atomic E-state index is 12.5. The summed E-state index contributed by atoms with van der Waals surface area (Å²) in [4.78, 5) is 10.9. The molecule has 0 amide bonds. The molecule has 0 radical (unpaired) electrons. The molecule has 0 atom stereocenters. The van der Waals surface area contributed by atoms with Crippen LogP contribution in [0.15, 0.2) is 11.4 Å². The topological polar surface area (TPSA) is 17.1 Å². The van der Waals surface area contributed by atoms with Crippen molar-refractivity contribution in [3.05, 3.63) is 21.9 Å². The Hall–Kier alpha value is -0.840. The standard InChI is InChI=1S/C10H9F3OS/c11-10(12,13)9-7(4-5-15-9)8(14)6-2-1-3-6/h4-6H,1-3H2. The van der Waals surface area contributed by atoms with Crippen LogP contribution in [0, 0.1) is 5.92 Å². The van der Waals surface area contributed by atoms with Gasteiger partial charge in [0, 0.05) is 11.5 Å². The van der Waals surface area contributed by atoms with Crippen LogP contribution in [0.2, 0.25) is 0 Å². The minimum absolute atomic E-state index is 0.141. The van der Waals surface area contributed by atoms with Gasteiger partial charge in [0.15, 0.2) is 5.78 Å². The van der Waals surface area contributed by atoms with Gasteiger partial charge in [-0.2, -0.15) is 13.2 Å². The normalized spacial score (nSPS) is 17.5. The summed E-state index contributed by atoms with van der Waals surface area (Å²) in [5, 5.41) is 1.33. The van der Waals surface area contributed by atoms with Crippen molar-refractivity contribution in [2.24, 2.45) is 5.92 Å². The second-order valence-corrected chi connectivity index (χ2v) is 4.57. The first-order valence-electron chi connectivity index (χ1n) is 4.69. The lowest BCUT2D eigenvalue weighted by molar-refractivity contribution is -0.134. The number of rotatable bonds is 2. The number of hydrogen-bond donors (Lipinski definition) is 0. The fourth-order valence-corrected chi connectivity index (χ4v) is 2.38. The molecular formula is C10H9F3OS. The molecule has 1 heterocycles. The predicted molar refractivity (Wildman–Crippen MR) is 51.0 cm³/mol. The van der Waals surface area contributed by atoms with Crippen LogP contribution in [0.3, 0.4) is 0 Å². The van der Waals surface area contributed by atoms with Gasteiger partial charge in [-0.15, -0.1) is 11.3 Å². The van der Waals surface area contributed by atoms with Gasteiger partial charge in [0.2, 0.25) is 0 Å². The molecule has 0 aliphatic heterocycles. The van der Waals surface area contributed by atoms with E-state index in [1.165, 1.54) is 11.4 Å². The molecule has 0 spiro atoms. The van der Waals surface area contributed by atoms with E-state index in [2.05, 4.69) is 0 Å². The van der Waals surface area contributed by atoms with E-state index in [1.54, 1.807) is 0 Å². The smallest absolute Gasteiger partial charge is 0.294 e. The maximum Gasteiger partial charge on any atom is 0.426 e. The molecule has 1 aliphatic rings. The van der Waals surface area contributed by atoms with Crippen LogP contribution in [0.1, 0.15) is 34.5 Å². The van der Waals surface area contributed by atoms with Gasteiger partial charge in [-0.1, -0.05) is 6.42 Å². The molecule has 0 unspecified atom stereocenters. The molecule has 1 saturated carbocycles. The molecule has 1 nitrogen and oxygen atoms in total. The molecule has 0 saturated heterocycles. The summed E-state index contributed by atoms with van der Waals surface area (Å²) in [7, 11) is 0. The summed E-state index contributed by atoms with van der Waals surface area (Å²) < 4.78 is 37.5. The van der Waals surface area contributed by atoms with E-state index in [4.69, 9.17) is 0 Å². The Morgan fingerprint density at radius 2 is 2.07 bits per heavy atom. The Bertz CT molecular complexity index is 376. The lowest BCUT2D eigenvalue weighted by Gasteiger charge is -2.24. The molecule has 0 N–H and O–H groups in total. The highest BCUT2D eigenvalue weighted by Gasteiger charge is 2.38. The molecule has 82 valence electrons. The lowest BCUT2D eigenvalue weighted by Crippen LogP contribution is -2.23. The number of ketones is 1. The third-order valence-electron chi connectivity index (χ3n) is 2.66. The zero-order chi connectivity index (χ0) is 11.1. The highest BCUT2D eigenvalue weighted by molar-refractivity contribution is 7.10. The van der Waals surface area contributed by atoms with Crippen molar-refractivity contribution < 1.29 is 18.0 Å². The molecule has 1 aromatic heterocycles. The number of carbonyl (C=O) groups is 1. The Morgan fingerprint density at radius 1 is 1.40 bits per heavy atom. The Labute approximate surface area is 88.9 Å². The minimum Gasteiger partial charge on any atom is -0.294 e. The number of Topliss-reactive ketones (excluding diaryl/α,β-unsaturated/α-hetero) is 1. The van der Waals surface area contributed by atoms with Gasteiger partial charge in [-0.25, -0.2) is 0 Å². The maximum absolute atomic E-state index is 12.5. The van der Waals surface area contributed by atoms with Crippen molar-refractivity contribution in [3.63, 3.8) is 0 Å². The number of alkyl halides is 3. The van der Waals surface area contributed by atoms with Gasteiger partial charge >= 0.3 is 6.18 Å². The SMILES string of the molecule is O=C(c1ccsc1C(F)(F)F)C1CCC1. The average Bonchev–Trinajstić information content (AvgIpc) is 2.45. The van der Waals surface area contributed by atoms with Gasteiger partial charge in [0.05, 0.1) is 0 Å². The van der Waals surface area contributed by atoms with Crippen LogP contribution in [0.25, 0.3) is 0 Å². The largest absolute Gasteiger partial charge is 0.426 e. The van der Waals surface area contributed by atoms with Crippen LogP contribution in [0.5, 0.6) is 0 Å². The van der Waals surface area contributed by atoms with E-state index in [-0.39, 0.29) is 17.3 Å². The average molecular weight is 234 g/mol.